The number of amides is 1. The number of nitrogens with one attached hydrogen (secondary N) is 1. The number of carboxylic acid groups (broad SMARTS) is 1. The molecule has 0 radical (unpaired) electrons. The molecule has 2 aliphatic rings. The molecule has 1 amide bonds. The molecule has 2 heterocycles. The molecule has 2 atom stereocenters. The quantitative estimate of drug-likeness (QED) is 0.847. The normalized spacial score (nSPS) is 20.8. The molecule has 1 saturated carbocycles. The van der Waals surface area contributed by atoms with Gasteiger partial charge in [0.2, 0.25) is 5.91 Å². The first-order valence-corrected chi connectivity index (χ1v) is 8.85. The van der Waals surface area contributed by atoms with Gasteiger partial charge in [0.15, 0.2) is 17.2 Å². The first-order valence-electron chi connectivity index (χ1n) is 7.97. The van der Waals surface area contributed by atoms with E-state index < -0.39 is 5.97 Å². The number of thiazole rings is 1. The summed E-state index contributed by atoms with van der Waals surface area (Å²) in [5.41, 5.74) is 1.08. The second kappa shape index (κ2) is 6.36. The van der Waals surface area contributed by atoms with E-state index in [0.29, 0.717) is 18.2 Å². The van der Waals surface area contributed by atoms with E-state index in [1.807, 2.05) is 18.2 Å². The number of fused-ring (bicyclic) bond motifs is 1. The van der Waals surface area contributed by atoms with Gasteiger partial charge in [-0.2, -0.15) is 0 Å². The molecule has 25 heavy (non-hydrogen) atoms. The molecular formula is C17H16N2O5S. The highest BCUT2D eigenvalue weighted by Crippen LogP contribution is 2.49. The van der Waals surface area contributed by atoms with Crippen LogP contribution in [0.25, 0.3) is 0 Å². The van der Waals surface area contributed by atoms with Crippen LogP contribution < -0.4 is 14.8 Å². The van der Waals surface area contributed by atoms with Gasteiger partial charge in [0.1, 0.15) is 18.2 Å². The zero-order chi connectivity index (χ0) is 17.4. The Morgan fingerprint density at radius 2 is 2.08 bits per heavy atom. The summed E-state index contributed by atoms with van der Waals surface area (Å²) in [4.78, 5) is 27.1. The molecule has 0 unspecified atom stereocenters. The summed E-state index contributed by atoms with van der Waals surface area (Å²) in [6.07, 6.45) is 0.795. The lowest BCUT2D eigenvalue weighted by Gasteiger charge is -2.18. The average molecular weight is 360 g/mol. The van der Waals surface area contributed by atoms with Crippen molar-refractivity contribution >= 4 is 23.2 Å². The first-order chi connectivity index (χ1) is 12.1. The number of aromatic nitrogens is 1. The Hall–Kier alpha value is -2.61. The van der Waals surface area contributed by atoms with Crippen molar-refractivity contribution in [1.29, 1.82) is 0 Å². The first kappa shape index (κ1) is 15.9. The number of carboxylic acids is 1. The fraction of sp³-hybridized carbons (Fsp3) is 0.353. The molecule has 1 aromatic carbocycles. The lowest BCUT2D eigenvalue weighted by Crippen LogP contribution is -2.24. The van der Waals surface area contributed by atoms with Crippen LogP contribution in [0.3, 0.4) is 0 Å². The number of aromatic carboxylic acids is 1. The number of carbonyl (C=O) groups is 2. The number of carbonyl (C=O) groups excluding carboxylic acids is 1. The van der Waals surface area contributed by atoms with E-state index in [-0.39, 0.29) is 30.0 Å². The van der Waals surface area contributed by atoms with Gasteiger partial charge in [-0.25, -0.2) is 9.78 Å². The third-order valence-corrected chi connectivity index (χ3v) is 5.16. The van der Waals surface area contributed by atoms with Crippen LogP contribution >= 0.6 is 11.3 Å². The SMILES string of the molecule is O=C(O)c1csc(CNC(=O)[C@@H]2C[C@@H]2c2ccc3c(c2)OCCO3)n1. The molecule has 7 nitrogen and oxygen atoms in total. The average Bonchev–Trinajstić information content (AvgIpc) is 3.28. The van der Waals surface area contributed by atoms with Gasteiger partial charge in [0, 0.05) is 11.3 Å². The molecule has 0 spiro atoms. The second-order valence-electron chi connectivity index (χ2n) is 6.00. The Morgan fingerprint density at radius 3 is 2.84 bits per heavy atom. The van der Waals surface area contributed by atoms with Crippen molar-refractivity contribution in [2.75, 3.05) is 13.2 Å². The van der Waals surface area contributed by atoms with E-state index in [0.717, 1.165) is 23.5 Å². The fourth-order valence-corrected chi connectivity index (χ4v) is 3.64. The van der Waals surface area contributed by atoms with Gasteiger partial charge in [-0.3, -0.25) is 4.79 Å². The lowest BCUT2D eigenvalue weighted by molar-refractivity contribution is -0.122. The molecule has 1 aliphatic carbocycles. The summed E-state index contributed by atoms with van der Waals surface area (Å²) in [6, 6.07) is 5.82. The minimum absolute atomic E-state index is 0.00910. The van der Waals surface area contributed by atoms with Gasteiger partial charge in [0.25, 0.3) is 0 Å². The number of hydrogen-bond donors (Lipinski definition) is 2. The van der Waals surface area contributed by atoms with E-state index in [4.69, 9.17) is 14.6 Å². The molecule has 1 fully saturated rings. The Kier molecular flexibility index (Phi) is 4.04. The smallest absolute Gasteiger partial charge is 0.355 e. The third-order valence-electron chi connectivity index (χ3n) is 4.31. The number of benzene rings is 1. The van der Waals surface area contributed by atoms with Gasteiger partial charge in [0.05, 0.1) is 6.54 Å². The van der Waals surface area contributed by atoms with Gasteiger partial charge >= 0.3 is 5.97 Å². The van der Waals surface area contributed by atoms with E-state index in [9.17, 15) is 9.59 Å². The van der Waals surface area contributed by atoms with E-state index in [1.165, 1.54) is 16.7 Å². The van der Waals surface area contributed by atoms with Crippen molar-refractivity contribution in [2.45, 2.75) is 18.9 Å². The van der Waals surface area contributed by atoms with Crippen LogP contribution in [0, 0.1) is 5.92 Å². The zero-order valence-corrected chi connectivity index (χ0v) is 14.0. The van der Waals surface area contributed by atoms with Crippen molar-refractivity contribution in [3.63, 3.8) is 0 Å². The summed E-state index contributed by atoms with van der Waals surface area (Å²) in [6.45, 7) is 1.35. The zero-order valence-electron chi connectivity index (χ0n) is 13.2. The van der Waals surface area contributed by atoms with E-state index in [2.05, 4.69) is 10.3 Å². The largest absolute Gasteiger partial charge is 0.486 e. The molecule has 1 aromatic heterocycles. The van der Waals surface area contributed by atoms with Crippen molar-refractivity contribution in [3.05, 3.63) is 39.8 Å². The monoisotopic (exact) mass is 360 g/mol. The summed E-state index contributed by atoms with van der Waals surface area (Å²) in [5.74, 6) is 0.498. The van der Waals surface area contributed by atoms with Crippen LogP contribution in [-0.2, 0) is 11.3 Å². The standard InChI is InChI=1S/C17H16N2O5S/c20-16(18-7-15-19-12(8-25-15)17(21)22)11-6-10(11)9-1-2-13-14(5-9)24-4-3-23-13/h1-2,5,8,10-11H,3-4,6-7H2,(H,18,20)(H,21,22)/t10-,11-/m1/s1. The van der Waals surface area contributed by atoms with Crippen molar-refractivity contribution < 1.29 is 24.2 Å². The van der Waals surface area contributed by atoms with Gasteiger partial charge in [-0.15, -0.1) is 11.3 Å². The number of hydrogen-bond acceptors (Lipinski definition) is 6. The summed E-state index contributed by atoms with van der Waals surface area (Å²) >= 11 is 1.23. The highest BCUT2D eigenvalue weighted by molar-refractivity contribution is 7.09. The maximum absolute atomic E-state index is 12.3. The fourth-order valence-electron chi connectivity index (χ4n) is 2.93. The molecular weight excluding hydrogens is 344 g/mol. The van der Waals surface area contributed by atoms with Crippen molar-refractivity contribution in [3.8, 4) is 11.5 Å². The third kappa shape index (κ3) is 3.30. The molecule has 130 valence electrons. The van der Waals surface area contributed by atoms with E-state index in [1.54, 1.807) is 0 Å². The topological polar surface area (TPSA) is 97.8 Å². The maximum Gasteiger partial charge on any atom is 0.355 e. The predicted molar refractivity (Wildman–Crippen MR) is 89.2 cm³/mol. The van der Waals surface area contributed by atoms with Crippen LogP contribution in [0.4, 0.5) is 0 Å². The molecule has 8 heteroatoms. The van der Waals surface area contributed by atoms with Crippen LogP contribution in [-0.4, -0.2) is 35.2 Å². The number of ether oxygens (including phenoxy) is 2. The highest BCUT2D eigenvalue weighted by Gasteiger charge is 2.44. The van der Waals surface area contributed by atoms with Gasteiger partial charge in [-0.05, 0) is 30.0 Å². The molecule has 2 N–H and O–H groups in total. The molecule has 0 saturated heterocycles. The Labute approximate surface area is 147 Å². The maximum atomic E-state index is 12.3. The number of nitrogens with zero attached hydrogens (tertiary/aromatic N) is 1. The predicted octanol–water partition coefficient (Wildman–Crippen LogP) is 2.03. The van der Waals surface area contributed by atoms with Crippen molar-refractivity contribution in [2.24, 2.45) is 5.92 Å². The van der Waals surface area contributed by atoms with Crippen LogP contribution in [0.5, 0.6) is 11.5 Å². The van der Waals surface area contributed by atoms with Gasteiger partial charge < -0.3 is 19.9 Å². The highest BCUT2D eigenvalue weighted by atomic mass is 32.1. The Balaban J connectivity index is 1.34. The van der Waals surface area contributed by atoms with Crippen molar-refractivity contribution in [1.82, 2.24) is 10.3 Å². The summed E-state index contributed by atoms with van der Waals surface area (Å²) < 4.78 is 11.1. The minimum Gasteiger partial charge on any atom is -0.486 e. The van der Waals surface area contributed by atoms with Crippen LogP contribution in [0.2, 0.25) is 0 Å². The Bertz CT molecular complexity index is 834. The van der Waals surface area contributed by atoms with Crippen LogP contribution in [0.15, 0.2) is 23.6 Å². The molecule has 1 aliphatic heterocycles. The lowest BCUT2D eigenvalue weighted by atomic mass is 10.1. The number of rotatable bonds is 5. The second-order valence-corrected chi connectivity index (χ2v) is 6.94. The van der Waals surface area contributed by atoms with Crippen LogP contribution in [0.1, 0.15) is 33.4 Å². The molecule has 0 bridgehead atoms. The molecule has 4 rings (SSSR count). The Morgan fingerprint density at radius 1 is 1.28 bits per heavy atom. The molecule has 2 aromatic rings. The minimum atomic E-state index is -1.06. The van der Waals surface area contributed by atoms with Gasteiger partial charge in [-0.1, -0.05) is 6.07 Å². The summed E-state index contributed by atoms with van der Waals surface area (Å²) in [7, 11) is 0. The summed E-state index contributed by atoms with van der Waals surface area (Å²) in [5, 5.41) is 13.7. The van der Waals surface area contributed by atoms with E-state index >= 15 is 0 Å².